The van der Waals surface area contributed by atoms with Crippen molar-refractivity contribution >= 4 is 17.6 Å². The summed E-state index contributed by atoms with van der Waals surface area (Å²) in [6, 6.07) is 8.02. The Labute approximate surface area is 192 Å². The summed E-state index contributed by atoms with van der Waals surface area (Å²) >= 11 is 0. The smallest absolute Gasteiger partial charge is 0.255 e. The molecule has 4 heterocycles. The van der Waals surface area contributed by atoms with E-state index in [9.17, 15) is 9.59 Å². The van der Waals surface area contributed by atoms with Crippen molar-refractivity contribution in [1.29, 1.82) is 0 Å². The van der Waals surface area contributed by atoms with Crippen LogP contribution in [0, 0.1) is 0 Å². The molecule has 1 aromatic carbocycles. The predicted molar refractivity (Wildman–Crippen MR) is 122 cm³/mol. The Hall–Kier alpha value is -3.29. The van der Waals surface area contributed by atoms with Crippen LogP contribution in [-0.2, 0) is 6.54 Å². The van der Waals surface area contributed by atoms with E-state index < -0.39 is 0 Å². The molecule has 6 rings (SSSR count). The zero-order valence-electron chi connectivity index (χ0n) is 18.7. The first-order valence-corrected chi connectivity index (χ1v) is 12.1. The molecular formula is C25H28N6O2. The third-order valence-electron chi connectivity index (χ3n) is 7.55. The molecule has 1 saturated carbocycles. The third kappa shape index (κ3) is 3.48. The van der Waals surface area contributed by atoms with E-state index in [0.29, 0.717) is 42.6 Å². The molecule has 0 spiro atoms. The second kappa shape index (κ2) is 8.24. The number of hydrogen-bond donors (Lipinski definition) is 0. The minimum atomic E-state index is -0.0423. The molecule has 2 aromatic heterocycles. The molecule has 1 saturated heterocycles. The van der Waals surface area contributed by atoms with Crippen LogP contribution in [0.1, 0.15) is 82.8 Å². The van der Waals surface area contributed by atoms with Crippen LogP contribution in [0.4, 0.5) is 0 Å². The SMILES string of the molecule is O=C(c1cccc2c1C(=O)N(C1CCCCC1)C2)N1CCCC(c2ccnc3ncnn23)C1. The summed E-state index contributed by atoms with van der Waals surface area (Å²) in [5.41, 5.74) is 3.19. The number of piperidine rings is 1. The number of benzene rings is 1. The summed E-state index contributed by atoms with van der Waals surface area (Å²) in [7, 11) is 0. The van der Waals surface area contributed by atoms with Crippen molar-refractivity contribution in [3.63, 3.8) is 0 Å². The highest BCUT2D eigenvalue weighted by Gasteiger charge is 2.37. The maximum atomic E-state index is 13.7. The summed E-state index contributed by atoms with van der Waals surface area (Å²) in [5.74, 6) is 0.721. The molecule has 33 heavy (non-hydrogen) atoms. The molecule has 170 valence electrons. The van der Waals surface area contributed by atoms with Gasteiger partial charge in [0.05, 0.1) is 16.8 Å². The van der Waals surface area contributed by atoms with E-state index in [2.05, 4.69) is 15.1 Å². The van der Waals surface area contributed by atoms with Crippen molar-refractivity contribution in [2.75, 3.05) is 13.1 Å². The van der Waals surface area contributed by atoms with Crippen LogP contribution < -0.4 is 0 Å². The maximum Gasteiger partial charge on any atom is 0.255 e. The maximum absolute atomic E-state index is 13.7. The molecule has 1 aliphatic carbocycles. The first-order valence-electron chi connectivity index (χ1n) is 12.1. The van der Waals surface area contributed by atoms with Gasteiger partial charge in [0.2, 0.25) is 0 Å². The standard InChI is InChI=1S/C25H28N6O2/c32-23(29-13-5-7-17(14-29)21-11-12-26-25-27-16-28-31(21)25)20-10-4-6-18-15-30(24(33)22(18)20)19-8-2-1-3-9-19/h4,6,10-12,16-17,19H,1-3,5,7-9,13-15H2. The molecule has 1 unspecified atom stereocenters. The number of nitrogens with zero attached hydrogens (tertiary/aromatic N) is 6. The molecular weight excluding hydrogens is 416 g/mol. The molecule has 3 aromatic rings. The van der Waals surface area contributed by atoms with Crippen molar-refractivity contribution < 1.29 is 9.59 Å². The second-order valence-corrected chi connectivity index (χ2v) is 9.50. The van der Waals surface area contributed by atoms with Crippen molar-refractivity contribution in [2.45, 2.75) is 63.5 Å². The minimum Gasteiger partial charge on any atom is -0.338 e. The van der Waals surface area contributed by atoms with Gasteiger partial charge >= 0.3 is 0 Å². The van der Waals surface area contributed by atoms with E-state index in [4.69, 9.17) is 0 Å². The molecule has 0 bridgehead atoms. The fourth-order valence-electron chi connectivity index (χ4n) is 5.89. The van der Waals surface area contributed by atoms with E-state index >= 15 is 0 Å². The fourth-order valence-corrected chi connectivity index (χ4v) is 5.89. The van der Waals surface area contributed by atoms with Crippen molar-refractivity contribution in [1.82, 2.24) is 29.4 Å². The Morgan fingerprint density at radius 2 is 1.88 bits per heavy atom. The molecule has 8 heteroatoms. The summed E-state index contributed by atoms with van der Waals surface area (Å²) in [6.45, 7) is 1.93. The van der Waals surface area contributed by atoms with Crippen LogP contribution in [0.2, 0.25) is 0 Å². The van der Waals surface area contributed by atoms with Crippen LogP contribution in [0.5, 0.6) is 0 Å². The quantitative estimate of drug-likeness (QED) is 0.618. The van der Waals surface area contributed by atoms with Gasteiger partial charge in [-0.3, -0.25) is 9.59 Å². The highest BCUT2D eigenvalue weighted by molar-refractivity contribution is 6.09. The second-order valence-electron chi connectivity index (χ2n) is 9.50. The van der Waals surface area contributed by atoms with Gasteiger partial charge in [0.25, 0.3) is 17.6 Å². The van der Waals surface area contributed by atoms with Crippen LogP contribution >= 0.6 is 0 Å². The topological polar surface area (TPSA) is 83.7 Å². The lowest BCUT2D eigenvalue weighted by atomic mass is 9.93. The normalized spacial score (nSPS) is 21.6. The lowest BCUT2D eigenvalue weighted by molar-refractivity contribution is 0.0642. The highest BCUT2D eigenvalue weighted by Crippen LogP contribution is 2.34. The molecule has 0 N–H and O–H groups in total. The van der Waals surface area contributed by atoms with Gasteiger partial charge in [-0.2, -0.15) is 10.1 Å². The summed E-state index contributed by atoms with van der Waals surface area (Å²) in [4.78, 5) is 39.5. The Bertz CT molecular complexity index is 1210. The van der Waals surface area contributed by atoms with Gasteiger partial charge < -0.3 is 9.80 Å². The van der Waals surface area contributed by atoms with E-state index in [1.54, 1.807) is 10.7 Å². The molecule has 3 aliphatic rings. The Balaban J connectivity index is 1.26. The monoisotopic (exact) mass is 444 g/mol. The number of hydrogen-bond acceptors (Lipinski definition) is 5. The lowest BCUT2D eigenvalue weighted by Gasteiger charge is -2.33. The number of aromatic nitrogens is 4. The van der Waals surface area contributed by atoms with E-state index in [1.165, 1.54) is 25.6 Å². The van der Waals surface area contributed by atoms with Gasteiger partial charge in [-0.1, -0.05) is 31.4 Å². The lowest BCUT2D eigenvalue weighted by Crippen LogP contribution is -2.41. The zero-order valence-corrected chi connectivity index (χ0v) is 18.7. The van der Waals surface area contributed by atoms with Crippen LogP contribution in [0.25, 0.3) is 5.78 Å². The van der Waals surface area contributed by atoms with Gasteiger partial charge in [-0.15, -0.1) is 0 Å². The largest absolute Gasteiger partial charge is 0.338 e. The van der Waals surface area contributed by atoms with Crippen LogP contribution in [0.3, 0.4) is 0 Å². The molecule has 2 amide bonds. The fraction of sp³-hybridized carbons (Fsp3) is 0.480. The minimum absolute atomic E-state index is 0.0351. The van der Waals surface area contributed by atoms with Crippen LogP contribution in [-0.4, -0.2) is 60.3 Å². The summed E-state index contributed by atoms with van der Waals surface area (Å²) in [5, 5.41) is 4.32. The van der Waals surface area contributed by atoms with Crippen LogP contribution in [0.15, 0.2) is 36.8 Å². The number of fused-ring (bicyclic) bond motifs is 2. The van der Waals surface area contributed by atoms with Crippen molar-refractivity contribution in [3.05, 3.63) is 59.2 Å². The first-order chi connectivity index (χ1) is 16.2. The molecule has 8 nitrogen and oxygen atoms in total. The third-order valence-corrected chi connectivity index (χ3v) is 7.55. The number of likely N-dealkylation sites (tertiary alicyclic amines) is 1. The zero-order chi connectivity index (χ0) is 22.4. The van der Waals surface area contributed by atoms with Gasteiger partial charge in [-0.05, 0) is 43.4 Å². The van der Waals surface area contributed by atoms with E-state index in [1.807, 2.05) is 34.1 Å². The number of amides is 2. The van der Waals surface area contributed by atoms with Gasteiger partial charge in [0, 0.05) is 37.8 Å². The number of carbonyl (C=O) groups is 2. The average Bonchev–Trinajstić information content (AvgIpc) is 3.49. The average molecular weight is 445 g/mol. The van der Waals surface area contributed by atoms with Crippen molar-refractivity contribution in [2.24, 2.45) is 0 Å². The molecule has 2 aliphatic heterocycles. The van der Waals surface area contributed by atoms with Gasteiger partial charge in [-0.25, -0.2) is 9.50 Å². The van der Waals surface area contributed by atoms with Crippen molar-refractivity contribution in [3.8, 4) is 0 Å². The van der Waals surface area contributed by atoms with Gasteiger partial charge in [0.1, 0.15) is 6.33 Å². The Kier molecular flexibility index (Phi) is 5.08. The summed E-state index contributed by atoms with van der Waals surface area (Å²) in [6.07, 6.45) is 10.9. The molecule has 2 fully saturated rings. The summed E-state index contributed by atoms with van der Waals surface area (Å²) < 4.78 is 1.77. The number of rotatable bonds is 3. The molecule has 0 radical (unpaired) electrons. The number of carbonyl (C=O) groups excluding carboxylic acids is 2. The first kappa shape index (κ1) is 20.3. The highest BCUT2D eigenvalue weighted by atomic mass is 16.2. The van der Waals surface area contributed by atoms with E-state index in [0.717, 1.165) is 36.9 Å². The molecule has 1 atom stereocenters. The Morgan fingerprint density at radius 3 is 2.76 bits per heavy atom. The van der Waals surface area contributed by atoms with E-state index in [-0.39, 0.29) is 17.7 Å². The predicted octanol–water partition coefficient (Wildman–Crippen LogP) is 3.43. The van der Waals surface area contributed by atoms with Gasteiger partial charge in [0.15, 0.2) is 0 Å². The Morgan fingerprint density at radius 1 is 1.00 bits per heavy atom.